The van der Waals surface area contributed by atoms with Crippen LogP contribution in [0.2, 0.25) is 0 Å². The third-order valence-corrected chi connectivity index (χ3v) is 4.07. The van der Waals surface area contributed by atoms with Crippen molar-refractivity contribution in [3.8, 4) is 10.6 Å². The standard InChI is InChI=1S/C13H17N3S/c1-5-13(3,4)12-14-7-6-10(16-12)11-9(2)15-8-17-11/h6-8H,5H2,1-4H3. The number of aryl methyl sites for hydroxylation is 1. The predicted molar refractivity (Wildman–Crippen MR) is 71.2 cm³/mol. The molecule has 4 heteroatoms. The molecule has 0 spiro atoms. The van der Waals surface area contributed by atoms with Crippen LogP contribution in [0, 0.1) is 6.92 Å². The minimum Gasteiger partial charge on any atom is -0.249 e. The summed E-state index contributed by atoms with van der Waals surface area (Å²) in [5.41, 5.74) is 3.90. The maximum Gasteiger partial charge on any atom is 0.134 e. The average Bonchev–Trinajstić information content (AvgIpc) is 2.76. The van der Waals surface area contributed by atoms with Crippen LogP contribution in [-0.2, 0) is 5.41 Å². The first-order valence-corrected chi connectivity index (χ1v) is 6.66. The molecule has 0 radical (unpaired) electrons. The highest BCUT2D eigenvalue weighted by atomic mass is 32.1. The zero-order valence-electron chi connectivity index (χ0n) is 10.7. The van der Waals surface area contributed by atoms with Gasteiger partial charge in [-0.05, 0) is 19.4 Å². The van der Waals surface area contributed by atoms with Crippen LogP contribution in [-0.4, -0.2) is 15.0 Å². The van der Waals surface area contributed by atoms with Gasteiger partial charge >= 0.3 is 0 Å². The molecule has 0 N–H and O–H groups in total. The first-order valence-electron chi connectivity index (χ1n) is 5.78. The summed E-state index contributed by atoms with van der Waals surface area (Å²) in [5.74, 6) is 0.908. The molecular weight excluding hydrogens is 230 g/mol. The summed E-state index contributed by atoms with van der Waals surface area (Å²) in [6, 6.07) is 1.95. The molecule has 0 aliphatic heterocycles. The summed E-state index contributed by atoms with van der Waals surface area (Å²) in [7, 11) is 0. The second kappa shape index (κ2) is 4.53. The van der Waals surface area contributed by atoms with Crippen molar-refractivity contribution >= 4 is 11.3 Å². The van der Waals surface area contributed by atoms with E-state index >= 15 is 0 Å². The van der Waals surface area contributed by atoms with E-state index in [9.17, 15) is 0 Å². The van der Waals surface area contributed by atoms with E-state index in [-0.39, 0.29) is 5.41 Å². The summed E-state index contributed by atoms with van der Waals surface area (Å²) in [6.45, 7) is 8.52. The van der Waals surface area contributed by atoms with Crippen molar-refractivity contribution in [2.24, 2.45) is 0 Å². The Morgan fingerprint density at radius 1 is 1.29 bits per heavy atom. The number of hydrogen-bond donors (Lipinski definition) is 0. The Morgan fingerprint density at radius 2 is 2.06 bits per heavy atom. The number of hydrogen-bond acceptors (Lipinski definition) is 4. The zero-order valence-corrected chi connectivity index (χ0v) is 11.5. The third-order valence-electron chi connectivity index (χ3n) is 3.12. The van der Waals surface area contributed by atoms with Crippen molar-refractivity contribution < 1.29 is 0 Å². The van der Waals surface area contributed by atoms with Gasteiger partial charge in [-0.15, -0.1) is 11.3 Å². The van der Waals surface area contributed by atoms with Gasteiger partial charge in [-0.25, -0.2) is 15.0 Å². The van der Waals surface area contributed by atoms with E-state index in [0.29, 0.717) is 0 Å². The lowest BCUT2D eigenvalue weighted by atomic mass is 9.89. The lowest BCUT2D eigenvalue weighted by Crippen LogP contribution is -2.19. The average molecular weight is 247 g/mol. The Labute approximate surface area is 106 Å². The highest BCUT2D eigenvalue weighted by Crippen LogP contribution is 2.28. The van der Waals surface area contributed by atoms with Gasteiger partial charge in [-0.2, -0.15) is 0 Å². The monoisotopic (exact) mass is 247 g/mol. The predicted octanol–water partition coefficient (Wildman–Crippen LogP) is 3.60. The van der Waals surface area contributed by atoms with Gasteiger partial charge < -0.3 is 0 Å². The van der Waals surface area contributed by atoms with E-state index in [4.69, 9.17) is 0 Å². The first-order chi connectivity index (χ1) is 8.04. The lowest BCUT2D eigenvalue weighted by Gasteiger charge is -2.20. The molecule has 2 aromatic rings. The molecule has 0 saturated heterocycles. The molecule has 2 heterocycles. The Balaban J connectivity index is 2.46. The Morgan fingerprint density at radius 3 is 2.65 bits per heavy atom. The van der Waals surface area contributed by atoms with Gasteiger partial charge in [0.2, 0.25) is 0 Å². The van der Waals surface area contributed by atoms with Crippen LogP contribution in [0.15, 0.2) is 17.8 Å². The van der Waals surface area contributed by atoms with Crippen molar-refractivity contribution in [2.45, 2.75) is 39.5 Å². The summed E-state index contributed by atoms with van der Waals surface area (Å²) in [4.78, 5) is 14.5. The minimum atomic E-state index is 0.0224. The minimum absolute atomic E-state index is 0.0224. The highest BCUT2D eigenvalue weighted by Gasteiger charge is 2.22. The molecule has 0 aromatic carbocycles. The fraction of sp³-hybridized carbons (Fsp3) is 0.462. The molecule has 0 aliphatic carbocycles. The van der Waals surface area contributed by atoms with Gasteiger partial charge in [0.05, 0.1) is 21.8 Å². The van der Waals surface area contributed by atoms with E-state index in [1.165, 1.54) is 0 Å². The number of rotatable bonds is 3. The Kier molecular flexibility index (Phi) is 3.24. The summed E-state index contributed by atoms with van der Waals surface area (Å²) >= 11 is 1.63. The quantitative estimate of drug-likeness (QED) is 0.832. The normalized spacial score (nSPS) is 11.8. The van der Waals surface area contributed by atoms with Crippen molar-refractivity contribution in [2.75, 3.05) is 0 Å². The molecule has 3 nitrogen and oxygen atoms in total. The van der Waals surface area contributed by atoms with Crippen molar-refractivity contribution in [3.63, 3.8) is 0 Å². The molecule has 90 valence electrons. The van der Waals surface area contributed by atoms with Gasteiger partial charge in [0.25, 0.3) is 0 Å². The molecule has 2 aromatic heterocycles. The smallest absolute Gasteiger partial charge is 0.134 e. The van der Waals surface area contributed by atoms with Crippen molar-refractivity contribution in [1.29, 1.82) is 0 Å². The first kappa shape index (κ1) is 12.2. The molecule has 0 bridgehead atoms. The van der Waals surface area contributed by atoms with Crippen LogP contribution in [0.5, 0.6) is 0 Å². The van der Waals surface area contributed by atoms with E-state index in [2.05, 4.69) is 35.7 Å². The molecule has 0 aliphatic rings. The Hall–Kier alpha value is -1.29. The molecule has 0 saturated carbocycles. The molecular formula is C13H17N3S. The maximum absolute atomic E-state index is 4.68. The number of nitrogens with zero attached hydrogens (tertiary/aromatic N) is 3. The number of thiazole rings is 1. The van der Waals surface area contributed by atoms with Crippen LogP contribution in [0.25, 0.3) is 10.6 Å². The molecule has 17 heavy (non-hydrogen) atoms. The van der Waals surface area contributed by atoms with Crippen LogP contribution >= 0.6 is 11.3 Å². The fourth-order valence-electron chi connectivity index (χ4n) is 1.52. The van der Waals surface area contributed by atoms with E-state index in [0.717, 1.165) is 28.5 Å². The molecule has 0 fully saturated rings. The van der Waals surface area contributed by atoms with Gasteiger partial charge in [0.1, 0.15) is 5.82 Å². The second-order valence-corrected chi connectivity index (χ2v) is 5.62. The Bertz CT molecular complexity index is 517. The molecule has 2 rings (SSSR count). The summed E-state index contributed by atoms with van der Waals surface area (Å²) in [5, 5.41) is 0. The van der Waals surface area contributed by atoms with Gasteiger partial charge in [-0.1, -0.05) is 20.8 Å². The van der Waals surface area contributed by atoms with Gasteiger partial charge in [0.15, 0.2) is 0 Å². The van der Waals surface area contributed by atoms with E-state index < -0.39 is 0 Å². The molecule has 0 atom stereocenters. The van der Waals surface area contributed by atoms with Gasteiger partial charge in [0, 0.05) is 11.6 Å². The topological polar surface area (TPSA) is 38.7 Å². The maximum atomic E-state index is 4.68. The van der Waals surface area contributed by atoms with Crippen molar-refractivity contribution in [1.82, 2.24) is 15.0 Å². The van der Waals surface area contributed by atoms with Crippen LogP contribution in [0.3, 0.4) is 0 Å². The SMILES string of the molecule is CCC(C)(C)c1nccc(-c2scnc2C)n1. The van der Waals surface area contributed by atoms with Crippen LogP contribution < -0.4 is 0 Å². The zero-order chi connectivity index (χ0) is 12.5. The van der Waals surface area contributed by atoms with Crippen LogP contribution in [0.4, 0.5) is 0 Å². The lowest BCUT2D eigenvalue weighted by molar-refractivity contribution is 0.473. The van der Waals surface area contributed by atoms with Gasteiger partial charge in [-0.3, -0.25) is 0 Å². The fourth-order valence-corrected chi connectivity index (χ4v) is 2.29. The second-order valence-electron chi connectivity index (χ2n) is 4.77. The van der Waals surface area contributed by atoms with E-state index in [1.807, 2.05) is 24.7 Å². The third kappa shape index (κ3) is 2.36. The molecule has 0 amide bonds. The van der Waals surface area contributed by atoms with Crippen LogP contribution in [0.1, 0.15) is 38.7 Å². The van der Waals surface area contributed by atoms with E-state index in [1.54, 1.807) is 11.3 Å². The summed E-state index contributed by atoms with van der Waals surface area (Å²) < 4.78 is 0. The molecule has 0 unspecified atom stereocenters. The largest absolute Gasteiger partial charge is 0.249 e. The van der Waals surface area contributed by atoms with Crippen molar-refractivity contribution in [3.05, 3.63) is 29.3 Å². The highest BCUT2D eigenvalue weighted by molar-refractivity contribution is 7.13. The summed E-state index contributed by atoms with van der Waals surface area (Å²) in [6.07, 6.45) is 2.87. The number of aromatic nitrogens is 3.